The molecule has 0 spiro atoms. The van der Waals surface area contributed by atoms with Gasteiger partial charge < -0.3 is 9.80 Å². The number of aromatic nitrogens is 1. The number of pyridine rings is 1. The molecule has 1 aromatic heterocycles. The molecular formula is C17H13ClF4N4. The summed E-state index contributed by atoms with van der Waals surface area (Å²) in [6.45, 7) is 1.77. The van der Waals surface area contributed by atoms with E-state index in [1.54, 1.807) is 11.0 Å². The third-order valence-electron chi connectivity index (χ3n) is 4.17. The fourth-order valence-electron chi connectivity index (χ4n) is 2.86. The Morgan fingerprint density at radius 3 is 2.35 bits per heavy atom. The summed E-state index contributed by atoms with van der Waals surface area (Å²) in [5, 5.41) is 9.07. The van der Waals surface area contributed by atoms with Gasteiger partial charge in [-0.2, -0.15) is 18.4 Å². The van der Waals surface area contributed by atoms with E-state index in [0.717, 1.165) is 12.3 Å². The molecule has 1 saturated heterocycles. The van der Waals surface area contributed by atoms with E-state index in [2.05, 4.69) is 4.98 Å². The third-order valence-corrected chi connectivity index (χ3v) is 4.45. The number of nitriles is 1. The van der Waals surface area contributed by atoms with Crippen LogP contribution in [0.25, 0.3) is 0 Å². The van der Waals surface area contributed by atoms with E-state index in [1.165, 1.54) is 12.1 Å². The third kappa shape index (κ3) is 3.53. The maximum Gasteiger partial charge on any atom is 0.417 e. The van der Waals surface area contributed by atoms with Crippen LogP contribution in [0.5, 0.6) is 0 Å². The highest BCUT2D eigenvalue weighted by atomic mass is 35.5. The van der Waals surface area contributed by atoms with Crippen LogP contribution >= 0.6 is 11.6 Å². The smallest absolute Gasteiger partial charge is 0.367 e. The Hall–Kier alpha value is -2.53. The molecule has 0 radical (unpaired) electrons. The average Bonchev–Trinajstić information content (AvgIpc) is 2.61. The van der Waals surface area contributed by atoms with Crippen molar-refractivity contribution in [2.75, 3.05) is 36.0 Å². The lowest BCUT2D eigenvalue weighted by molar-refractivity contribution is -0.137. The summed E-state index contributed by atoms with van der Waals surface area (Å²) in [4.78, 5) is 7.48. The minimum absolute atomic E-state index is 0.0216. The largest absolute Gasteiger partial charge is 0.417 e. The Bertz CT molecular complexity index is 855. The van der Waals surface area contributed by atoms with Crippen molar-refractivity contribution in [3.05, 3.63) is 52.4 Å². The quantitative estimate of drug-likeness (QED) is 0.731. The van der Waals surface area contributed by atoms with Gasteiger partial charge in [-0.1, -0.05) is 17.7 Å². The Balaban J connectivity index is 1.76. The molecule has 26 heavy (non-hydrogen) atoms. The fourth-order valence-corrected chi connectivity index (χ4v) is 3.15. The second-order valence-corrected chi connectivity index (χ2v) is 6.15. The molecule has 0 aliphatic carbocycles. The van der Waals surface area contributed by atoms with Gasteiger partial charge in [0.05, 0.1) is 16.3 Å². The van der Waals surface area contributed by atoms with E-state index in [9.17, 15) is 17.6 Å². The molecule has 3 rings (SSSR count). The first-order valence-electron chi connectivity index (χ1n) is 7.72. The van der Waals surface area contributed by atoms with Crippen LogP contribution in [0, 0.1) is 17.1 Å². The van der Waals surface area contributed by atoms with Crippen molar-refractivity contribution in [1.82, 2.24) is 4.98 Å². The van der Waals surface area contributed by atoms with Crippen molar-refractivity contribution < 1.29 is 17.6 Å². The monoisotopic (exact) mass is 384 g/mol. The van der Waals surface area contributed by atoms with Crippen LogP contribution < -0.4 is 9.80 Å². The predicted molar refractivity (Wildman–Crippen MR) is 89.8 cm³/mol. The van der Waals surface area contributed by atoms with Crippen LogP contribution in [0.1, 0.15) is 11.1 Å². The molecule has 4 nitrogen and oxygen atoms in total. The lowest BCUT2D eigenvalue weighted by Crippen LogP contribution is -2.47. The summed E-state index contributed by atoms with van der Waals surface area (Å²) in [5.41, 5.74) is -0.423. The van der Waals surface area contributed by atoms with Gasteiger partial charge in [0.15, 0.2) is 0 Å². The summed E-state index contributed by atoms with van der Waals surface area (Å²) in [7, 11) is 0. The zero-order chi connectivity index (χ0) is 18.9. The van der Waals surface area contributed by atoms with Gasteiger partial charge in [-0.15, -0.1) is 0 Å². The first-order chi connectivity index (χ1) is 12.3. The molecule has 1 aromatic carbocycles. The van der Waals surface area contributed by atoms with Crippen molar-refractivity contribution in [3.8, 4) is 6.07 Å². The molecule has 0 N–H and O–H groups in total. The van der Waals surface area contributed by atoms with Gasteiger partial charge in [0, 0.05) is 32.4 Å². The molecule has 0 bridgehead atoms. The van der Waals surface area contributed by atoms with Crippen molar-refractivity contribution in [3.63, 3.8) is 0 Å². The first-order valence-corrected chi connectivity index (χ1v) is 8.10. The maximum atomic E-state index is 13.8. The van der Waals surface area contributed by atoms with Crippen LogP contribution in [0.4, 0.5) is 29.1 Å². The van der Waals surface area contributed by atoms with Gasteiger partial charge in [-0.25, -0.2) is 9.37 Å². The van der Waals surface area contributed by atoms with Gasteiger partial charge >= 0.3 is 6.18 Å². The Kier molecular flexibility index (Phi) is 4.92. The number of rotatable bonds is 2. The molecule has 2 heterocycles. The Morgan fingerprint density at radius 1 is 1.12 bits per heavy atom. The number of hydrogen-bond acceptors (Lipinski definition) is 4. The van der Waals surface area contributed by atoms with Crippen LogP contribution in [-0.2, 0) is 6.18 Å². The van der Waals surface area contributed by atoms with Gasteiger partial charge in [-0.05, 0) is 18.2 Å². The van der Waals surface area contributed by atoms with Gasteiger partial charge in [-0.3, -0.25) is 0 Å². The topological polar surface area (TPSA) is 43.2 Å². The zero-order valence-corrected chi connectivity index (χ0v) is 14.1. The maximum absolute atomic E-state index is 13.8. The summed E-state index contributed by atoms with van der Waals surface area (Å²) in [6.07, 6.45) is -3.74. The van der Waals surface area contributed by atoms with Gasteiger partial charge in [0.2, 0.25) is 0 Å². The fraction of sp³-hybridized carbons (Fsp3) is 0.294. The van der Waals surface area contributed by atoms with Crippen molar-refractivity contribution in [1.29, 1.82) is 5.26 Å². The highest BCUT2D eigenvalue weighted by Gasteiger charge is 2.32. The van der Waals surface area contributed by atoms with Crippen molar-refractivity contribution >= 4 is 23.1 Å². The first kappa shape index (κ1) is 18.3. The predicted octanol–water partition coefficient (Wildman–Crippen LogP) is 4.09. The molecule has 1 aliphatic rings. The van der Waals surface area contributed by atoms with Crippen LogP contribution in [0.3, 0.4) is 0 Å². The molecule has 2 aromatic rings. The number of nitrogens with zero attached hydrogens (tertiary/aromatic N) is 4. The van der Waals surface area contributed by atoms with Crippen LogP contribution in [0.15, 0.2) is 30.5 Å². The van der Waals surface area contributed by atoms with Crippen LogP contribution in [-0.4, -0.2) is 31.2 Å². The number of benzene rings is 1. The van der Waals surface area contributed by atoms with E-state index >= 15 is 0 Å². The Morgan fingerprint density at radius 2 is 1.77 bits per heavy atom. The van der Waals surface area contributed by atoms with Gasteiger partial charge in [0.1, 0.15) is 23.3 Å². The number of piperazine rings is 1. The highest BCUT2D eigenvalue weighted by Crippen LogP contribution is 2.34. The second-order valence-electron chi connectivity index (χ2n) is 5.75. The van der Waals surface area contributed by atoms with E-state index in [-0.39, 0.29) is 16.4 Å². The van der Waals surface area contributed by atoms with Gasteiger partial charge in [0.25, 0.3) is 0 Å². The normalized spacial score (nSPS) is 15.1. The molecule has 0 unspecified atom stereocenters. The lowest BCUT2D eigenvalue weighted by Gasteiger charge is -2.37. The summed E-state index contributed by atoms with van der Waals surface area (Å²) in [6, 6.07) is 7.15. The minimum atomic E-state index is -4.50. The summed E-state index contributed by atoms with van der Waals surface area (Å²) in [5.74, 6) is -0.307. The van der Waals surface area contributed by atoms with E-state index in [0.29, 0.717) is 31.9 Å². The Labute approximate surface area is 152 Å². The van der Waals surface area contributed by atoms with Crippen molar-refractivity contribution in [2.24, 2.45) is 0 Å². The SMILES string of the molecule is N#Cc1c(F)cccc1N1CCN(c2ncc(C(F)(F)F)cc2Cl)CC1. The highest BCUT2D eigenvalue weighted by molar-refractivity contribution is 6.33. The number of anilines is 2. The minimum Gasteiger partial charge on any atom is -0.367 e. The number of hydrogen-bond donors (Lipinski definition) is 0. The van der Waals surface area contributed by atoms with E-state index in [1.807, 2.05) is 11.0 Å². The summed E-state index contributed by atoms with van der Waals surface area (Å²) < 4.78 is 51.9. The summed E-state index contributed by atoms with van der Waals surface area (Å²) >= 11 is 5.98. The number of halogens is 5. The molecular weight excluding hydrogens is 372 g/mol. The molecule has 1 aliphatic heterocycles. The number of alkyl halides is 3. The van der Waals surface area contributed by atoms with Crippen LogP contribution in [0.2, 0.25) is 5.02 Å². The second kappa shape index (κ2) is 7.00. The van der Waals surface area contributed by atoms with Crippen molar-refractivity contribution in [2.45, 2.75) is 6.18 Å². The van der Waals surface area contributed by atoms with E-state index in [4.69, 9.17) is 16.9 Å². The van der Waals surface area contributed by atoms with E-state index < -0.39 is 17.6 Å². The molecule has 136 valence electrons. The zero-order valence-electron chi connectivity index (χ0n) is 13.4. The molecule has 0 saturated carbocycles. The molecule has 1 fully saturated rings. The molecule has 0 amide bonds. The molecule has 0 atom stereocenters. The standard InChI is InChI=1S/C17H13ClF4N4/c18-13-8-11(17(20,21)22)10-24-16(13)26-6-4-25(5-7-26)15-3-1-2-14(19)12(15)9-23/h1-3,8,10H,4-7H2. The lowest BCUT2D eigenvalue weighted by atomic mass is 10.1. The average molecular weight is 385 g/mol. The molecule has 9 heteroatoms.